The van der Waals surface area contributed by atoms with E-state index in [0.717, 1.165) is 22.5 Å². The zero-order valence-electron chi connectivity index (χ0n) is 48.8. The molecule has 0 radical (unpaired) electrons. The van der Waals surface area contributed by atoms with Gasteiger partial charge in [-0.3, -0.25) is 4.40 Å². The fourth-order valence-corrected chi connectivity index (χ4v) is 15.5. The van der Waals surface area contributed by atoms with Crippen LogP contribution in [-0.2, 0) is 10.8 Å². The monoisotopic (exact) mass is 1100 g/mol. The van der Waals surface area contributed by atoms with E-state index in [4.69, 9.17) is 4.98 Å². The second-order valence-corrected chi connectivity index (χ2v) is 26.3. The topological polar surface area (TPSA) is 31.6 Å². The molecule has 5 nitrogen and oxygen atoms in total. The molecule has 5 heteroatoms. The van der Waals surface area contributed by atoms with Crippen molar-refractivity contribution in [2.75, 3.05) is 0 Å². The van der Waals surface area contributed by atoms with E-state index in [2.05, 4.69) is 296 Å². The molecule has 0 spiro atoms. The van der Waals surface area contributed by atoms with Crippen LogP contribution in [0.2, 0.25) is 0 Å². The molecular weight excluding hydrogens is 1040 g/mol. The number of rotatable bonds is 4. The van der Waals surface area contributed by atoms with Crippen LogP contribution in [0.1, 0.15) is 52.7 Å². The number of aromatic nitrogens is 5. The Labute approximate surface area is 495 Å². The molecule has 19 aromatic rings. The summed E-state index contributed by atoms with van der Waals surface area (Å²) in [6, 6.07) is 86.8. The van der Waals surface area contributed by atoms with E-state index in [9.17, 15) is 0 Å². The first-order valence-electron chi connectivity index (χ1n) is 30.3. The number of hydrogen-bond donors (Lipinski definition) is 0. The smallest absolute Gasteiger partial charge is 0.146 e. The summed E-state index contributed by atoms with van der Waals surface area (Å²) in [6.07, 6.45) is 2.22. The van der Waals surface area contributed by atoms with Crippen molar-refractivity contribution >= 4 is 141 Å². The number of nitrogens with zero attached hydrogens (tertiary/aromatic N) is 5. The first-order valence-corrected chi connectivity index (χ1v) is 30.3. The minimum atomic E-state index is -0.127. The maximum Gasteiger partial charge on any atom is 0.146 e. The highest BCUT2D eigenvalue weighted by atomic mass is 15.0. The summed E-state index contributed by atoms with van der Waals surface area (Å²) in [5.41, 5.74) is 21.2. The van der Waals surface area contributed by atoms with Crippen LogP contribution in [0.25, 0.3) is 175 Å². The van der Waals surface area contributed by atoms with Crippen LogP contribution in [0, 0.1) is 0 Å². The first kappa shape index (κ1) is 47.9. The van der Waals surface area contributed by atoms with E-state index in [0.29, 0.717) is 0 Å². The molecule has 0 bridgehead atoms. The van der Waals surface area contributed by atoms with Gasteiger partial charge in [0.1, 0.15) is 5.65 Å². The third-order valence-electron chi connectivity index (χ3n) is 19.5. The lowest BCUT2D eigenvalue weighted by Gasteiger charge is -2.21. The van der Waals surface area contributed by atoms with Gasteiger partial charge >= 0.3 is 0 Å². The number of para-hydroxylation sites is 4. The van der Waals surface area contributed by atoms with Crippen molar-refractivity contribution in [1.29, 1.82) is 0 Å². The molecule has 7 aromatic heterocycles. The molecule has 0 aliphatic carbocycles. The summed E-state index contributed by atoms with van der Waals surface area (Å²) in [5.74, 6) is 0. The van der Waals surface area contributed by atoms with Gasteiger partial charge in [0.05, 0.1) is 55.8 Å². The van der Waals surface area contributed by atoms with E-state index < -0.39 is 0 Å². The van der Waals surface area contributed by atoms with Crippen molar-refractivity contribution < 1.29 is 0 Å². The number of benzene rings is 12. The predicted molar refractivity (Wildman–Crippen MR) is 366 cm³/mol. The van der Waals surface area contributed by atoms with Crippen LogP contribution in [0.4, 0.5) is 0 Å². The number of hydrogen-bond acceptors (Lipinski definition) is 1. The fraction of sp³-hybridized carbons (Fsp3) is 0.0988. The molecule has 0 aliphatic rings. The van der Waals surface area contributed by atoms with Gasteiger partial charge in [0.2, 0.25) is 0 Å². The normalized spacial score (nSPS) is 13.0. The summed E-state index contributed by atoms with van der Waals surface area (Å²) >= 11 is 0. The second kappa shape index (κ2) is 16.6. The Morgan fingerprint density at radius 1 is 0.291 bits per heavy atom. The van der Waals surface area contributed by atoms with Crippen molar-refractivity contribution in [2.45, 2.75) is 52.4 Å². The number of fused-ring (bicyclic) bond motifs is 23. The molecule has 86 heavy (non-hydrogen) atoms. The van der Waals surface area contributed by atoms with Gasteiger partial charge in [-0.15, -0.1) is 0 Å². The first-order chi connectivity index (χ1) is 42.0. The Kier molecular flexibility index (Phi) is 9.28. The lowest BCUT2D eigenvalue weighted by Crippen LogP contribution is -2.11. The van der Waals surface area contributed by atoms with Gasteiger partial charge < -0.3 is 13.5 Å². The third kappa shape index (κ3) is 6.26. The molecule has 0 aliphatic heterocycles. The molecule has 0 saturated carbocycles. The lowest BCUT2D eigenvalue weighted by molar-refractivity contribution is 0.591. The third-order valence-corrected chi connectivity index (χ3v) is 19.5. The van der Waals surface area contributed by atoms with Crippen LogP contribution in [0.3, 0.4) is 0 Å². The lowest BCUT2D eigenvalue weighted by atomic mass is 9.83. The van der Waals surface area contributed by atoms with Crippen molar-refractivity contribution in [3.05, 3.63) is 248 Å². The molecule has 0 N–H and O–H groups in total. The minimum absolute atomic E-state index is 0.122. The summed E-state index contributed by atoms with van der Waals surface area (Å²) in [5, 5.41) is 19.9. The van der Waals surface area contributed by atoms with Gasteiger partial charge in [-0.2, -0.15) is 0 Å². The Morgan fingerprint density at radius 2 is 0.721 bits per heavy atom. The molecule has 0 saturated heterocycles. The molecule has 0 amide bonds. The van der Waals surface area contributed by atoms with Crippen LogP contribution >= 0.6 is 0 Å². The van der Waals surface area contributed by atoms with E-state index in [1.54, 1.807) is 0 Å². The maximum atomic E-state index is 5.86. The molecule has 7 heterocycles. The average molecular weight is 1100 g/mol. The Balaban J connectivity index is 0.969. The summed E-state index contributed by atoms with van der Waals surface area (Å²) < 4.78 is 10.0. The SMILES string of the molecule is CC(C)(C)c1cc(-c2ccc3c(c2)c2ccccc2n3-c2ccccc2)c2c(c1)c1c3ccccc3cc3c4c5c6c7ccccc7cc7c8cc(C(C)(C)C)cc(-c9ccc%10c(c9)c9ccccc9n%10-c9ccccc9)c8n(c5ncc4n2c31)c76. The minimum Gasteiger partial charge on any atom is -0.309 e. The van der Waals surface area contributed by atoms with Crippen molar-refractivity contribution in [3.63, 3.8) is 0 Å². The maximum absolute atomic E-state index is 5.86. The molecular formula is C81H57N5. The van der Waals surface area contributed by atoms with Crippen molar-refractivity contribution in [3.8, 4) is 33.6 Å². The summed E-state index contributed by atoms with van der Waals surface area (Å²) in [4.78, 5) is 5.86. The van der Waals surface area contributed by atoms with Crippen LogP contribution < -0.4 is 0 Å². The Bertz CT molecular complexity index is 6130. The highest BCUT2D eigenvalue weighted by Crippen LogP contribution is 2.53. The standard InChI is InChI=1S/C81H57N5/c1-80(2,3)50-41-58(48-33-35-68-60(37-48)56-29-17-19-31-66(56)83(68)52-23-9-7-10-24-52)75-63(43-50)62-39-46-21-14-16-28-55(46)73-74-72-64-40-47-22-13-15-27-54(47)71-65-44-51(81(4,5)6)42-59(76(65)85(78(64)71)70(72)45-82-79(74)86(75)77(62)73)49-34-36-69-61(38-49)57-30-18-20-32-67(57)84(69)53-25-11-8-12-26-53/h7-45H,1-6H3. The predicted octanol–water partition coefficient (Wildman–Crippen LogP) is 21.8. The highest BCUT2D eigenvalue weighted by molar-refractivity contribution is 6.41. The average Bonchev–Trinajstić information content (AvgIpc) is 1.54. The Morgan fingerprint density at radius 3 is 1.28 bits per heavy atom. The summed E-state index contributed by atoms with van der Waals surface area (Å²) in [6.45, 7) is 14.1. The Hall–Kier alpha value is -10.5. The highest BCUT2D eigenvalue weighted by Gasteiger charge is 2.32. The molecule has 0 unspecified atom stereocenters. The van der Waals surface area contributed by atoms with Crippen LogP contribution in [0.5, 0.6) is 0 Å². The quantitative estimate of drug-likeness (QED) is 0.173. The molecule has 0 atom stereocenters. The van der Waals surface area contributed by atoms with Gasteiger partial charge in [0.25, 0.3) is 0 Å². The number of pyridine rings is 1. The van der Waals surface area contributed by atoms with E-state index in [1.807, 2.05) is 0 Å². The van der Waals surface area contributed by atoms with Gasteiger partial charge in [0.15, 0.2) is 0 Å². The van der Waals surface area contributed by atoms with E-state index in [-0.39, 0.29) is 10.8 Å². The zero-order valence-corrected chi connectivity index (χ0v) is 48.8. The largest absolute Gasteiger partial charge is 0.309 e. The summed E-state index contributed by atoms with van der Waals surface area (Å²) in [7, 11) is 0. The van der Waals surface area contributed by atoms with Gasteiger partial charge in [0, 0.05) is 87.1 Å². The van der Waals surface area contributed by atoms with Gasteiger partial charge in [-0.25, -0.2) is 4.98 Å². The van der Waals surface area contributed by atoms with Crippen molar-refractivity contribution in [2.24, 2.45) is 0 Å². The van der Waals surface area contributed by atoms with E-state index >= 15 is 0 Å². The fourth-order valence-electron chi connectivity index (χ4n) is 15.5. The molecule has 19 rings (SSSR count). The van der Waals surface area contributed by atoms with Crippen LogP contribution in [-0.4, -0.2) is 22.9 Å². The molecule has 0 fully saturated rings. The molecule has 12 aromatic carbocycles. The van der Waals surface area contributed by atoms with Crippen LogP contribution in [0.15, 0.2) is 237 Å². The van der Waals surface area contributed by atoms with Gasteiger partial charge in [-0.1, -0.05) is 175 Å². The second-order valence-electron chi connectivity index (χ2n) is 26.3. The van der Waals surface area contributed by atoms with Gasteiger partial charge in [-0.05, 0) is 152 Å². The molecule has 406 valence electrons. The van der Waals surface area contributed by atoms with E-state index in [1.165, 1.54) is 164 Å². The van der Waals surface area contributed by atoms with Crippen molar-refractivity contribution in [1.82, 2.24) is 22.9 Å². The zero-order chi connectivity index (χ0) is 57.2.